The SMILES string of the molecule is O=C(c1ccc2ccccc2c1)N(CC(=O)N1CCc2sccc2[C@H]1c1ccc(Cl)cc1)C1CC1. The van der Waals surface area contributed by atoms with Gasteiger partial charge in [-0.05, 0) is 76.9 Å². The molecule has 1 atom stereocenters. The van der Waals surface area contributed by atoms with Crippen molar-refractivity contribution in [3.05, 3.63) is 105 Å². The first-order valence-electron chi connectivity index (χ1n) is 12.0. The highest BCUT2D eigenvalue weighted by Gasteiger charge is 2.38. The van der Waals surface area contributed by atoms with E-state index in [1.807, 2.05) is 71.6 Å². The van der Waals surface area contributed by atoms with Gasteiger partial charge in [0.05, 0.1) is 6.04 Å². The first kappa shape index (κ1) is 22.3. The van der Waals surface area contributed by atoms with Crippen LogP contribution in [0.5, 0.6) is 0 Å². The molecule has 35 heavy (non-hydrogen) atoms. The summed E-state index contributed by atoms with van der Waals surface area (Å²) in [5.41, 5.74) is 2.85. The van der Waals surface area contributed by atoms with Gasteiger partial charge in [-0.25, -0.2) is 0 Å². The molecule has 4 aromatic rings. The quantitative estimate of drug-likeness (QED) is 0.321. The van der Waals surface area contributed by atoms with Gasteiger partial charge in [0.2, 0.25) is 5.91 Å². The number of carbonyl (C=O) groups is 2. The minimum absolute atomic E-state index is 0.0113. The molecule has 0 unspecified atom stereocenters. The average Bonchev–Trinajstić information content (AvgIpc) is 3.62. The summed E-state index contributed by atoms with van der Waals surface area (Å²) in [6.45, 7) is 0.738. The summed E-state index contributed by atoms with van der Waals surface area (Å²) in [6.07, 6.45) is 2.73. The fourth-order valence-corrected chi connectivity index (χ4v) is 6.10. The smallest absolute Gasteiger partial charge is 0.254 e. The second-order valence-corrected chi connectivity index (χ2v) is 10.8. The van der Waals surface area contributed by atoms with Crippen molar-refractivity contribution in [1.82, 2.24) is 9.80 Å². The highest BCUT2D eigenvalue weighted by atomic mass is 35.5. The lowest BCUT2D eigenvalue weighted by molar-refractivity contribution is -0.134. The Morgan fingerprint density at radius 1 is 0.971 bits per heavy atom. The molecule has 2 heterocycles. The number of hydrogen-bond acceptors (Lipinski definition) is 3. The first-order chi connectivity index (χ1) is 17.1. The zero-order chi connectivity index (χ0) is 23.9. The summed E-state index contributed by atoms with van der Waals surface area (Å²) in [5, 5.41) is 4.91. The van der Waals surface area contributed by atoms with Gasteiger partial charge in [-0.15, -0.1) is 11.3 Å². The molecule has 6 rings (SSSR count). The molecule has 0 spiro atoms. The second kappa shape index (κ2) is 9.14. The maximum absolute atomic E-state index is 13.8. The van der Waals surface area contributed by atoms with Crippen molar-refractivity contribution in [3.8, 4) is 0 Å². The van der Waals surface area contributed by atoms with E-state index in [2.05, 4.69) is 11.4 Å². The Morgan fingerprint density at radius 2 is 1.74 bits per heavy atom. The molecule has 0 saturated heterocycles. The van der Waals surface area contributed by atoms with Crippen molar-refractivity contribution >= 4 is 45.5 Å². The van der Waals surface area contributed by atoms with Gasteiger partial charge < -0.3 is 9.80 Å². The van der Waals surface area contributed by atoms with Gasteiger partial charge in [-0.3, -0.25) is 9.59 Å². The zero-order valence-corrected chi connectivity index (χ0v) is 20.8. The molecule has 1 fully saturated rings. The minimum atomic E-state index is -0.161. The second-order valence-electron chi connectivity index (χ2n) is 9.32. The van der Waals surface area contributed by atoms with E-state index in [0.29, 0.717) is 17.1 Å². The zero-order valence-electron chi connectivity index (χ0n) is 19.2. The first-order valence-corrected chi connectivity index (χ1v) is 13.3. The molecule has 4 nitrogen and oxygen atoms in total. The molecule has 2 amide bonds. The topological polar surface area (TPSA) is 40.6 Å². The lowest BCUT2D eigenvalue weighted by Gasteiger charge is -2.37. The number of carbonyl (C=O) groups excluding carboxylic acids is 2. The Labute approximate surface area is 213 Å². The molecule has 1 aromatic heterocycles. The molecule has 1 aliphatic heterocycles. The van der Waals surface area contributed by atoms with Crippen LogP contribution in [0.2, 0.25) is 5.02 Å². The summed E-state index contributed by atoms with van der Waals surface area (Å²) in [7, 11) is 0. The van der Waals surface area contributed by atoms with E-state index < -0.39 is 0 Å². The number of benzene rings is 3. The van der Waals surface area contributed by atoms with Crippen LogP contribution in [0.25, 0.3) is 10.8 Å². The predicted octanol–water partition coefficient (Wildman–Crippen LogP) is 6.33. The summed E-state index contributed by atoms with van der Waals surface area (Å²) in [5.74, 6) is -0.0780. The van der Waals surface area contributed by atoms with Crippen molar-refractivity contribution in [3.63, 3.8) is 0 Å². The monoisotopic (exact) mass is 500 g/mol. The molecular weight excluding hydrogens is 476 g/mol. The minimum Gasteiger partial charge on any atom is -0.330 e. The molecular formula is C29H25ClN2O2S. The van der Waals surface area contributed by atoms with Gasteiger partial charge in [-0.1, -0.05) is 54.1 Å². The molecule has 0 N–H and O–H groups in total. The number of hydrogen-bond donors (Lipinski definition) is 0. The number of thiophene rings is 1. The average molecular weight is 501 g/mol. The maximum Gasteiger partial charge on any atom is 0.254 e. The lowest BCUT2D eigenvalue weighted by atomic mass is 9.93. The van der Waals surface area contributed by atoms with E-state index in [1.54, 1.807) is 16.2 Å². The summed E-state index contributed by atoms with van der Waals surface area (Å²) >= 11 is 7.89. The third-order valence-electron chi connectivity index (χ3n) is 7.02. The van der Waals surface area contributed by atoms with E-state index in [9.17, 15) is 9.59 Å². The van der Waals surface area contributed by atoms with Crippen LogP contribution >= 0.6 is 22.9 Å². The Balaban J connectivity index is 1.29. The third kappa shape index (κ3) is 4.35. The Hall–Kier alpha value is -3.15. The van der Waals surface area contributed by atoms with Crippen molar-refractivity contribution < 1.29 is 9.59 Å². The fraction of sp³-hybridized carbons (Fsp3) is 0.241. The molecule has 2 aliphatic rings. The molecule has 1 aliphatic carbocycles. The van der Waals surface area contributed by atoms with Crippen molar-refractivity contribution in [2.24, 2.45) is 0 Å². The Kier molecular flexibility index (Phi) is 5.83. The van der Waals surface area contributed by atoms with Gasteiger partial charge in [0.25, 0.3) is 5.91 Å². The van der Waals surface area contributed by atoms with Crippen LogP contribution in [0, 0.1) is 0 Å². The molecule has 0 radical (unpaired) electrons. The van der Waals surface area contributed by atoms with Gasteiger partial charge in [0.15, 0.2) is 0 Å². The van der Waals surface area contributed by atoms with Crippen molar-refractivity contribution in [2.45, 2.75) is 31.3 Å². The van der Waals surface area contributed by atoms with Crippen LogP contribution in [0.1, 0.15) is 45.2 Å². The number of fused-ring (bicyclic) bond motifs is 2. The lowest BCUT2D eigenvalue weighted by Crippen LogP contribution is -2.47. The standard InChI is InChI=1S/C29H25ClN2O2S/c30-23-9-7-20(8-10-23)28-25-14-16-35-26(25)13-15-31(28)27(33)18-32(24-11-12-24)29(34)22-6-5-19-3-1-2-4-21(19)17-22/h1-10,14,16-17,24,28H,11-13,15,18H2/t28-/m1/s1. The van der Waals surface area contributed by atoms with E-state index in [1.165, 1.54) is 10.4 Å². The molecule has 1 saturated carbocycles. The number of amides is 2. The van der Waals surface area contributed by atoms with Crippen molar-refractivity contribution in [2.75, 3.05) is 13.1 Å². The Bertz CT molecular complexity index is 1410. The van der Waals surface area contributed by atoms with E-state index in [0.717, 1.165) is 35.6 Å². The predicted molar refractivity (Wildman–Crippen MR) is 141 cm³/mol. The largest absolute Gasteiger partial charge is 0.330 e. The highest BCUT2D eigenvalue weighted by Crippen LogP contribution is 2.38. The van der Waals surface area contributed by atoms with Crippen LogP contribution in [0.3, 0.4) is 0 Å². The van der Waals surface area contributed by atoms with E-state index in [-0.39, 0.29) is 30.4 Å². The van der Waals surface area contributed by atoms with Gasteiger partial charge >= 0.3 is 0 Å². The number of rotatable bonds is 5. The van der Waals surface area contributed by atoms with Crippen molar-refractivity contribution in [1.29, 1.82) is 0 Å². The maximum atomic E-state index is 13.8. The van der Waals surface area contributed by atoms with Gasteiger partial charge in [0.1, 0.15) is 6.54 Å². The van der Waals surface area contributed by atoms with Crippen LogP contribution in [-0.2, 0) is 11.2 Å². The van der Waals surface area contributed by atoms with Crippen LogP contribution in [0.4, 0.5) is 0 Å². The molecule has 3 aromatic carbocycles. The third-order valence-corrected chi connectivity index (χ3v) is 8.27. The van der Waals surface area contributed by atoms with Crippen LogP contribution < -0.4 is 0 Å². The highest BCUT2D eigenvalue weighted by molar-refractivity contribution is 7.10. The molecule has 176 valence electrons. The van der Waals surface area contributed by atoms with Gasteiger partial charge in [0, 0.05) is 28.0 Å². The Morgan fingerprint density at radius 3 is 2.51 bits per heavy atom. The van der Waals surface area contributed by atoms with Crippen LogP contribution in [0.15, 0.2) is 78.2 Å². The van der Waals surface area contributed by atoms with E-state index in [4.69, 9.17) is 11.6 Å². The van der Waals surface area contributed by atoms with E-state index >= 15 is 0 Å². The number of nitrogens with zero attached hydrogens (tertiary/aromatic N) is 2. The summed E-state index contributed by atoms with van der Waals surface area (Å²) in [6, 6.07) is 23.7. The number of halogens is 1. The normalized spacial score (nSPS) is 17.3. The fourth-order valence-electron chi connectivity index (χ4n) is 5.07. The van der Waals surface area contributed by atoms with Gasteiger partial charge in [-0.2, -0.15) is 0 Å². The molecule has 6 heteroatoms. The van der Waals surface area contributed by atoms with Crippen LogP contribution in [-0.4, -0.2) is 40.7 Å². The molecule has 0 bridgehead atoms. The summed E-state index contributed by atoms with van der Waals surface area (Å²) in [4.78, 5) is 32.4. The summed E-state index contributed by atoms with van der Waals surface area (Å²) < 4.78 is 0.